The predicted octanol–water partition coefficient (Wildman–Crippen LogP) is 4.16. The van der Waals surface area contributed by atoms with Gasteiger partial charge in [0.05, 0.1) is 0 Å². The molecule has 0 unspecified atom stereocenters. The molecule has 2 heterocycles. The van der Waals surface area contributed by atoms with E-state index in [-0.39, 0.29) is 24.3 Å². The quantitative estimate of drug-likeness (QED) is 0.614. The van der Waals surface area contributed by atoms with Gasteiger partial charge in [0.2, 0.25) is 5.91 Å². The van der Waals surface area contributed by atoms with Crippen molar-refractivity contribution in [1.29, 1.82) is 0 Å². The zero-order chi connectivity index (χ0) is 23.9. The van der Waals surface area contributed by atoms with Crippen molar-refractivity contribution in [3.63, 3.8) is 0 Å². The summed E-state index contributed by atoms with van der Waals surface area (Å²) in [6.07, 6.45) is 2.42. The number of alkyl carbamates (subject to hydrolysis) is 1. The van der Waals surface area contributed by atoms with Crippen LogP contribution in [0.3, 0.4) is 0 Å². The maximum absolute atomic E-state index is 13.3. The summed E-state index contributed by atoms with van der Waals surface area (Å²) in [6.45, 7) is 2.62. The Hall–Kier alpha value is -3.35. The third kappa shape index (κ3) is 3.63. The number of hydrogen-bond donors (Lipinski definition) is 2. The fourth-order valence-electron chi connectivity index (χ4n) is 5.90. The van der Waals surface area contributed by atoms with E-state index in [0.717, 1.165) is 35.1 Å². The highest BCUT2D eigenvalue weighted by Gasteiger charge is 2.63. The smallest absolute Gasteiger partial charge is 0.407 e. The SMILES string of the molecule is CCCC[C@H](NC(=O)OCC1c2ccccc2-c2ccccc21)C(=O)N1CC2CC1(C(=O)O)C2. The lowest BCUT2D eigenvalue weighted by atomic mass is 9.73. The Morgan fingerprint density at radius 2 is 1.71 bits per heavy atom. The van der Waals surface area contributed by atoms with Gasteiger partial charge < -0.3 is 20.1 Å². The third-order valence-corrected chi connectivity index (χ3v) is 7.65. The number of hydrogen-bond acceptors (Lipinski definition) is 4. The van der Waals surface area contributed by atoms with E-state index < -0.39 is 23.6 Å². The lowest BCUT2D eigenvalue weighted by Crippen LogP contribution is -2.58. The van der Waals surface area contributed by atoms with E-state index in [1.165, 1.54) is 4.90 Å². The van der Waals surface area contributed by atoms with Crippen molar-refractivity contribution in [2.24, 2.45) is 5.92 Å². The lowest BCUT2D eigenvalue weighted by Gasteiger charge is -2.39. The molecule has 7 nitrogen and oxygen atoms in total. The van der Waals surface area contributed by atoms with E-state index in [9.17, 15) is 19.5 Å². The number of amides is 2. The molecule has 0 radical (unpaired) electrons. The molecule has 2 bridgehead atoms. The summed E-state index contributed by atoms with van der Waals surface area (Å²) in [5.41, 5.74) is 3.44. The van der Waals surface area contributed by atoms with Crippen molar-refractivity contribution < 1.29 is 24.2 Å². The maximum Gasteiger partial charge on any atom is 0.407 e. The number of fused-ring (bicyclic) bond motifs is 4. The van der Waals surface area contributed by atoms with E-state index >= 15 is 0 Å². The molecule has 4 aliphatic rings. The number of carbonyl (C=O) groups excluding carboxylic acids is 2. The van der Waals surface area contributed by atoms with Crippen LogP contribution >= 0.6 is 0 Å². The van der Waals surface area contributed by atoms with E-state index in [4.69, 9.17) is 4.74 Å². The van der Waals surface area contributed by atoms with Crippen molar-refractivity contribution in [3.8, 4) is 11.1 Å². The summed E-state index contributed by atoms with van der Waals surface area (Å²) in [5.74, 6) is -1.10. The zero-order valence-electron chi connectivity index (χ0n) is 19.3. The van der Waals surface area contributed by atoms with Crippen LogP contribution < -0.4 is 5.32 Å². The van der Waals surface area contributed by atoms with E-state index in [1.54, 1.807) is 0 Å². The molecule has 0 aromatic heterocycles. The molecule has 0 spiro atoms. The number of nitrogens with one attached hydrogen (secondary N) is 1. The second-order valence-electron chi connectivity index (χ2n) is 9.72. The van der Waals surface area contributed by atoms with Crippen LogP contribution in [0.1, 0.15) is 56.1 Å². The molecule has 2 saturated heterocycles. The average molecular weight is 463 g/mol. The summed E-state index contributed by atoms with van der Waals surface area (Å²) in [7, 11) is 0. The van der Waals surface area contributed by atoms with E-state index in [0.29, 0.717) is 25.8 Å². The summed E-state index contributed by atoms with van der Waals surface area (Å²) >= 11 is 0. The van der Waals surface area contributed by atoms with Crippen molar-refractivity contribution in [2.75, 3.05) is 13.2 Å². The van der Waals surface area contributed by atoms with Gasteiger partial charge in [-0.25, -0.2) is 9.59 Å². The second-order valence-corrected chi connectivity index (χ2v) is 9.72. The standard InChI is InChI=1S/C27H30N2O5/c1-2-3-12-23(24(30)29-15-17-13-27(29,14-17)25(31)32)28-26(33)34-16-22-20-10-6-4-8-18(20)19-9-5-7-11-21(19)22/h4-11,17,22-23H,2-3,12-16H2,1H3,(H,28,33)(H,31,32)/t17?,23-,27?/m0/s1. The van der Waals surface area contributed by atoms with Crippen LogP contribution in [-0.4, -0.2) is 52.7 Å². The number of benzene rings is 2. The minimum atomic E-state index is -1.10. The molecule has 2 amide bonds. The van der Waals surface area contributed by atoms with Gasteiger partial charge >= 0.3 is 12.1 Å². The Kier molecular flexibility index (Phi) is 5.80. The molecule has 34 heavy (non-hydrogen) atoms. The highest BCUT2D eigenvalue weighted by atomic mass is 16.5. The highest BCUT2D eigenvalue weighted by Crippen LogP contribution is 2.51. The fraction of sp³-hybridized carbons (Fsp3) is 0.444. The van der Waals surface area contributed by atoms with Crippen molar-refractivity contribution >= 4 is 18.0 Å². The number of carbonyl (C=O) groups is 3. The fourth-order valence-corrected chi connectivity index (χ4v) is 5.90. The van der Waals surface area contributed by atoms with Crippen LogP contribution in [0.4, 0.5) is 4.79 Å². The van der Waals surface area contributed by atoms with Gasteiger partial charge in [-0.3, -0.25) is 4.79 Å². The van der Waals surface area contributed by atoms with Crippen LogP contribution in [0.5, 0.6) is 0 Å². The maximum atomic E-state index is 13.3. The van der Waals surface area contributed by atoms with Gasteiger partial charge in [0, 0.05) is 12.5 Å². The van der Waals surface area contributed by atoms with Crippen LogP contribution in [0, 0.1) is 5.92 Å². The number of aliphatic carboxylic acids is 1. The first kappa shape index (κ1) is 22.4. The highest BCUT2D eigenvalue weighted by molar-refractivity contribution is 5.93. The van der Waals surface area contributed by atoms with Gasteiger partial charge in [-0.1, -0.05) is 68.3 Å². The van der Waals surface area contributed by atoms with Crippen LogP contribution in [0.2, 0.25) is 0 Å². The molecular formula is C27H30N2O5. The number of rotatable bonds is 8. The molecular weight excluding hydrogens is 432 g/mol. The van der Waals surface area contributed by atoms with Crippen LogP contribution in [0.15, 0.2) is 48.5 Å². The first-order chi connectivity index (χ1) is 16.4. The molecule has 2 aliphatic carbocycles. The van der Waals surface area contributed by atoms with E-state index in [1.807, 2.05) is 31.2 Å². The monoisotopic (exact) mass is 462 g/mol. The molecule has 2 aliphatic heterocycles. The van der Waals surface area contributed by atoms with Crippen LogP contribution in [-0.2, 0) is 14.3 Å². The van der Waals surface area contributed by atoms with Gasteiger partial charge in [0.25, 0.3) is 0 Å². The largest absolute Gasteiger partial charge is 0.479 e. The summed E-state index contributed by atoms with van der Waals surface area (Å²) in [5, 5.41) is 12.5. The Morgan fingerprint density at radius 1 is 1.09 bits per heavy atom. The number of nitrogens with zero attached hydrogens (tertiary/aromatic N) is 1. The Labute approximate surface area is 199 Å². The van der Waals surface area contributed by atoms with Gasteiger partial charge in [0.15, 0.2) is 0 Å². The molecule has 2 N–H and O–H groups in total. The summed E-state index contributed by atoms with van der Waals surface area (Å²) < 4.78 is 5.64. The molecule has 1 atom stereocenters. The molecule has 6 rings (SSSR count). The molecule has 178 valence electrons. The molecule has 2 aromatic rings. The predicted molar refractivity (Wildman–Crippen MR) is 126 cm³/mol. The zero-order valence-corrected chi connectivity index (χ0v) is 19.3. The van der Waals surface area contributed by atoms with Crippen LogP contribution in [0.25, 0.3) is 11.1 Å². The minimum absolute atomic E-state index is 0.0657. The number of carboxylic acids is 1. The Morgan fingerprint density at radius 3 is 2.29 bits per heavy atom. The van der Waals surface area contributed by atoms with Gasteiger partial charge in [-0.15, -0.1) is 0 Å². The molecule has 7 heteroatoms. The van der Waals surface area contributed by atoms with E-state index in [2.05, 4.69) is 29.6 Å². The Bertz CT molecular complexity index is 1080. The number of carboxylic acid groups (broad SMARTS) is 1. The summed E-state index contributed by atoms with van der Waals surface area (Å²) in [6, 6.07) is 15.4. The van der Waals surface area contributed by atoms with Gasteiger partial charge in [-0.2, -0.15) is 0 Å². The topological polar surface area (TPSA) is 95.9 Å². The first-order valence-electron chi connectivity index (χ1n) is 12.1. The number of ether oxygens (including phenoxy) is 1. The molecule has 3 fully saturated rings. The van der Waals surface area contributed by atoms with Crippen molar-refractivity contribution in [2.45, 2.75) is 56.5 Å². The van der Waals surface area contributed by atoms with Gasteiger partial charge in [0.1, 0.15) is 18.2 Å². The Balaban J connectivity index is 1.27. The molecule has 1 saturated carbocycles. The lowest BCUT2D eigenvalue weighted by molar-refractivity contribution is -0.159. The third-order valence-electron chi connectivity index (χ3n) is 7.65. The minimum Gasteiger partial charge on any atom is -0.479 e. The van der Waals surface area contributed by atoms with Crippen molar-refractivity contribution in [3.05, 3.63) is 59.7 Å². The molecule has 2 aromatic carbocycles. The van der Waals surface area contributed by atoms with Crippen molar-refractivity contribution in [1.82, 2.24) is 10.2 Å². The average Bonchev–Trinajstić information content (AvgIpc) is 3.48. The normalized spacial score (nSPS) is 23.0. The number of unbranched alkanes of at least 4 members (excludes halogenated alkanes) is 1. The second kappa shape index (κ2) is 8.78. The summed E-state index contributed by atoms with van der Waals surface area (Å²) in [4.78, 5) is 39.5. The van der Waals surface area contributed by atoms with Gasteiger partial charge in [-0.05, 0) is 47.4 Å². The first-order valence-corrected chi connectivity index (χ1v) is 12.1.